The molecule has 0 aromatic heterocycles. The molecule has 3 N–H and O–H groups in total. The fourth-order valence-corrected chi connectivity index (χ4v) is 1.57. The van der Waals surface area contributed by atoms with Gasteiger partial charge < -0.3 is 10.6 Å². The topological polar surface area (TPSA) is 48.4 Å². The first kappa shape index (κ1) is 13.2. The summed E-state index contributed by atoms with van der Waals surface area (Å²) in [5, 5.41) is 10.1. The van der Waals surface area contributed by atoms with Gasteiger partial charge in [-0.1, -0.05) is 6.92 Å². The van der Waals surface area contributed by atoms with Crippen LogP contribution in [0.5, 0.6) is 0 Å². The van der Waals surface area contributed by atoms with Crippen LogP contribution in [0, 0.1) is 0 Å². The van der Waals surface area contributed by atoms with E-state index in [0.717, 1.165) is 26.2 Å². The van der Waals surface area contributed by atoms with Gasteiger partial charge in [0.1, 0.15) is 6.17 Å². The molecule has 4 heteroatoms. The van der Waals surface area contributed by atoms with E-state index in [1.807, 2.05) is 12.3 Å². The van der Waals surface area contributed by atoms with Gasteiger partial charge in [-0.3, -0.25) is 10.3 Å². The van der Waals surface area contributed by atoms with Crippen LogP contribution in [0.4, 0.5) is 0 Å². The second kappa shape index (κ2) is 8.30. The van der Waals surface area contributed by atoms with Crippen LogP contribution >= 0.6 is 0 Å². The minimum absolute atomic E-state index is 0.216. The Hall–Kier alpha value is -0.870. The van der Waals surface area contributed by atoms with Crippen molar-refractivity contribution in [2.24, 2.45) is 4.99 Å². The maximum absolute atomic E-state index is 4.42. The summed E-state index contributed by atoms with van der Waals surface area (Å²) in [6.07, 6.45) is 6.53. The van der Waals surface area contributed by atoms with E-state index < -0.39 is 0 Å². The van der Waals surface area contributed by atoms with Gasteiger partial charge >= 0.3 is 0 Å². The largest absolute Gasteiger partial charge is 0.385 e. The van der Waals surface area contributed by atoms with Crippen LogP contribution in [0.3, 0.4) is 0 Å². The average molecular weight is 224 g/mol. The number of hydrogen-bond acceptors (Lipinski definition) is 4. The summed E-state index contributed by atoms with van der Waals surface area (Å²) in [4.78, 5) is 4.42. The van der Waals surface area contributed by atoms with Crippen molar-refractivity contribution >= 4 is 6.21 Å². The number of allylic oxidation sites excluding steroid dienone is 2. The molecule has 16 heavy (non-hydrogen) atoms. The van der Waals surface area contributed by atoms with E-state index in [1.54, 1.807) is 0 Å². The van der Waals surface area contributed by atoms with Crippen LogP contribution in [0.1, 0.15) is 26.7 Å². The predicted octanol–water partition coefficient (Wildman–Crippen LogP) is 0.870. The summed E-state index contributed by atoms with van der Waals surface area (Å²) in [5.74, 6) is 0. The molecule has 0 fully saturated rings. The second-order valence-electron chi connectivity index (χ2n) is 4.06. The number of hydrogen-bond donors (Lipinski definition) is 3. The summed E-state index contributed by atoms with van der Waals surface area (Å²) in [6.45, 7) is 8.30. The zero-order valence-electron chi connectivity index (χ0n) is 10.4. The van der Waals surface area contributed by atoms with Gasteiger partial charge in [-0.2, -0.15) is 0 Å². The second-order valence-corrected chi connectivity index (χ2v) is 4.06. The van der Waals surface area contributed by atoms with E-state index >= 15 is 0 Å². The van der Waals surface area contributed by atoms with E-state index in [9.17, 15) is 0 Å². The Kier molecular flexibility index (Phi) is 6.85. The van der Waals surface area contributed by atoms with Gasteiger partial charge in [0.25, 0.3) is 0 Å². The third kappa shape index (κ3) is 5.88. The molecule has 1 aliphatic heterocycles. The van der Waals surface area contributed by atoms with Gasteiger partial charge in [-0.15, -0.1) is 0 Å². The third-order valence-corrected chi connectivity index (χ3v) is 2.58. The molecule has 92 valence electrons. The summed E-state index contributed by atoms with van der Waals surface area (Å²) in [6, 6.07) is 0. The van der Waals surface area contributed by atoms with Crippen molar-refractivity contribution in [1.82, 2.24) is 16.0 Å². The van der Waals surface area contributed by atoms with Crippen LogP contribution < -0.4 is 16.0 Å². The lowest BCUT2D eigenvalue weighted by atomic mass is 10.3. The molecule has 0 aliphatic carbocycles. The molecule has 4 nitrogen and oxygen atoms in total. The highest BCUT2D eigenvalue weighted by molar-refractivity contribution is 5.72. The maximum atomic E-state index is 4.42. The van der Waals surface area contributed by atoms with Crippen LogP contribution in [0.25, 0.3) is 0 Å². The van der Waals surface area contributed by atoms with Crippen molar-refractivity contribution in [3.63, 3.8) is 0 Å². The smallest absolute Gasteiger partial charge is 0.117 e. The summed E-state index contributed by atoms with van der Waals surface area (Å²) >= 11 is 0. The molecule has 0 aromatic carbocycles. The molecule has 1 aliphatic rings. The van der Waals surface area contributed by atoms with Crippen LogP contribution in [0.15, 0.2) is 16.8 Å². The minimum atomic E-state index is 0.216. The molecule has 0 radical (unpaired) electrons. The van der Waals surface area contributed by atoms with Crippen molar-refractivity contribution in [1.29, 1.82) is 0 Å². The van der Waals surface area contributed by atoms with Crippen molar-refractivity contribution in [3.8, 4) is 0 Å². The standard InChI is InChI=1S/C12H24N4/c1-3-13-7-4-5-8-14-12-10-16-11(2)6-9-15-12/h6,9,12-14,16H,3-5,7-8,10H2,1-2H3. The number of nitrogens with zero attached hydrogens (tertiary/aromatic N) is 1. The number of rotatable bonds is 7. The molecular weight excluding hydrogens is 200 g/mol. The Bertz CT molecular complexity index is 235. The van der Waals surface area contributed by atoms with Crippen molar-refractivity contribution in [3.05, 3.63) is 11.8 Å². The zero-order valence-corrected chi connectivity index (χ0v) is 10.4. The lowest BCUT2D eigenvalue weighted by molar-refractivity contribution is 0.494. The maximum Gasteiger partial charge on any atom is 0.117 e. The van der Waals surface area contributed by atoms with E-state index in [0.29, 0.717) is 0 Å². The zero-order chi connectivity index (χ0) is 11.6. The molecule has 0 spiro atoms. The van der Waals surface area contributed by atoms with Crippen LogP contribution in [0.2, 0.25) is 0 Å². The van der Waals surface area contributed by atoms with Gasteiger partial charge in [0.05, 0.1) is 6.54 Å². The highest BCUT2D eigenvalue weighted by Gasteiger charge is 2.05. The average Bonchev–Trinajstić information content (AvgIpc) is 2.49. The van der Waals surface area contributed by atoms with Crippen LogP contribution in [-0.2, 0) is 0 Å². The van der Waals surface area contributed by atoms with Gasteiger partial charge in [0.2, 0.25) is 0 Å². The molecule has 0 bridgehead atoms. The summed E-state index contributed by atoms with van der Waals surface area (Å²) < 4.78 is 0. The number of aliphatic imine (C=N–C) groups is 1. The first-order valence-electron chi connectivity index (χ1n) is 6.21. The first-order chi connectivity index (χ1) is 7.83. The SMILES string of the molecule is CCNCCCCNC1CNC(C)=CC=N1. The Morgan fingerprint density at radius 3 is 3.06 bits per heavy atom. The van der Waals surface area contributed by atoms with E-state index in [-0.39, 0.29) is 6.17 Å². The Balaban J connectivity index is 2.01. The van der Waals surface area contributed by atoms with Crippen molar-refractivity contribution in [2.75, 3.05) is 26.2 Å². The molecule has 0 aromatic rings. The lowest BCUT2D eigenvalue weighted by Gasteiger charge is -2.14. The highest BCUT2D eigenvalue weighted by atomic mass is 15.1. The molecule has 1 rings (SSSR count). The quantitative estimate of drug-likeness (QED) is 0.562. The predicted molar refractivity (Wildman–Crippen MR) is 69.8 cm³/mol. The fourth-order valence-electron chi connectivity index (χ4n) is 1.57. The van der Waals surface area contributed by atoms with E-state index in [1.165, 1.54) is 18.5 Å². The van der Waals surface area contributed by atoms with Gasteiger partial charge in [-0.05, 0) is 45.5 Å². The number of unbranched alkanes of at least 4 members (excludes halogenated alkanes) is 1. The normalized spacial score (nSPS) is 20.1. The Morgan fingerprint density at radius 2 is 2.25 bits per heavy atom. The molecule has 1 heterocycles. The Labute approximate surface area is 98.6 Å². The lowest BCUT2D eigenvalue weighted by Crippen LogP contribution is -2.36. The monoisotopic (exact) mass is 224 g/mol. The Morgan fingerprint density at radius 1 is 1.44 bits per heavy atom. The van der Waals surface area contributed by atoms with Gasteiger partial charge in [0.15, 0.2) is 0 Å². The molecular formula is C12H24N4. The molecule has 1 atom stereocenters. The van der Waals surface area contributed by atoms with E-state index in [2.05, 4.69) is 34.8 Å². The molecule has 0 saturated heterocycles. The van der Waals surface area contributed by atoms with E-state index in [4.69, 9.17) is 0 Å². The summed E-state index contributed by atoms with van der Waals surface area (Å²) in [7, 11) is 0. The number of nitrogens with one attached hydrogen (secondary N) is 3. The third-order valence-electron chi connectivity index (χ3n) is 2.58. The molecule has 1 unspecified atom stereocenters. The van der Waals surface area contributed by atoms with Gasteiger partial charge in [-0.25, -0.2) is 0 Å². The highest BCUT2D eigenvalue weighted by Crippen LogP contribution is 1.95. The van der Waals surface area contributed by atoms with Crippen LogP contribution in [-0.4, -0.2) is 38.6 Å². The minimum Gasteiger partial charge on any atom is -0.385 e. The molecule has 0 amide bonds. The summed E-state index contributed by atoms with van der Waals surface area (Å²) in [5.41, 5.74) is 1.18. The fraction of sp³-hybridized carbons (Fsp3) is 0.750. The van der Waals surface area contributed by atoms with Crippen molar-refractivity contribution < 1.29 is 0 Å². The van der Waals surface area contributed by atoms with Gasteiger partial charge in [0, 0.05) is 11.9 Å². The molecule has 0 saturated carbocycles. The first-order valence-corrected chi connectivity index (χ1v) is 6.21. The van der Waals surface area contributed by atoms with Crippen molar-refractivity contribution in [2.45, 2.75) is 32.9 Å².